The minimum Gasteiger partial charge on any atom is -0.480 e. The average Bonchev–Trinajstić information content (AvgIpc) is 2.99. The molecule has 2 N–H and O–H groups in total. The summed E-state index contributed by atoms with van der Waals surface area (Å²) in [6.07, 6.45) is -4.51. The van der Waals surface area contributed by atoms with Crippen LogP contribution in [0.5, 0.6) is 0 Å². The Morgan fingerprint density at radius 2 is 1.80 bits per heavy atom. The van der Waals surface area contributed by atoms with Crippen LogP contribution in [0.3, 0.4) is 0 Å². The Morgan fingerprint density at radius 3 is 2.44 bits per heavy atom. The molecule has 3 aromatic rings. The van der Waals surface area contributed by atoms with E-state index in [1.807, 2.05) is 0 Å². The zero-order valence-corrected chi connectivity index (χ0v) is 24.3. The average molecular weight is 635 g/mol. The van der Waals surface area contributed by atoms with Crippen LogP contribution < -0.4 is 21.5 Å². The maximum absolute atomic E-state index is 15.2. The Balaban J connectivity index is 1.35. The third kappa shape index (κ3) is 6.35. The van der Waals surface area contributed by atoms with Gasteiger partial charge in [0.05, 0.1) is 43.4 Å². The Hall–Kier alpha value is -4.50. The summed E-state index contributed by atoms with van der Waals surface area (Å²) in [4.78, 5) is 52.1. The summed E-state index contributed by atoms with van der Waals surface area (Å²) in [5, 5.41) is 12.1. The Bertz CT molecular complexity index is 1730. The van der Waals surface area contributed by atoms with Gasteiger partial charge in [-0.2, -0.15) is 13.2 Å². The van der Waals surface area contributed by atoms with E-state index >= 15 is 4.39 Å². The van der Waals surface area contributed by atoms with Crippen LogP contribution >= 0.6 is 0 Å². The van der Waals surface area contributed by atoms with E-state index in [0.717, 1.165) is 15.5 Å². The van der Waals surface area contributed by atoms with Crippen molar-refractivity contribution in [1.82, 2.24) is 14.5 Å². The fourth-order valence-corrected chi connectivity index (χ4v) is 5.63. The second-order valence-electron chi connectivity index (χ2n) is 10.9. The first-order valence-corrected chi connectivity index (χ1v) is 14.0. The number of nitrogens with one attached hydrogen (secondary N) is 1. The van der Waals surface area contributed by atoms with Crippen LogP contribution in [0.2, 0.25) is 0 Å². The molecule has 240 valence electrons. The van der Waals surface area contributed by atoms with Crippen LogP contribution in [0.25, 0.3) is 5.69 Å². The van der Waals surface area contributed by atoms with Gasteiger partial charge in [0.15, 0.2) is 0 Å². The lowest BCUT2D eigenvalue weighted by Gasteiger charge is -2.38. The smallest absolute Gasteiger partial charge is 0.411 e. The normalized spacial score (nSPS) is 17.5. The number of aryl methyl sites for hydroxylation is 1. The van der Waals surface area contributed by atoms with Crippen LogP contribution in [0.1, 0.15) is 32.7 Å². The number of fused-ring (bicyclic) bond motifs is 1. The molecule has 2 unspecified atom stereocenters. The largest absolute Gasteiger partial charge is 0.480 e. The van der Waals surface area contributed by atoms with Gasteiger partial charge >= 0.3 is 17.8 Å². The standard InChI is InChI=1S/C30H30F4N4O7/c1-16-11-19(37-8-10-45-15-24(37)30(32,33)34)13-21(31)25(16)26(39)35-22(28(41)42)12-17-3-5-18(6-4-17)38-27(40)20-7-9-44-14-23(20)36(2)29(38)43/h3-6,11,13,22,24H,7-10,12,14-15H2,1-2H3,(H,35,39)(H,41,42). The number of amides is 1. The van der Waals surface area contributed by atoms with Crippen LogP contribution in [-0.4, -0.2) is 70.7 Å². The van der Waals surface area contributed by atoms with E-state index in [9.17, 15) is 37.5 Å². The number of hydrogen-bond donors (Lipinski definition) is 2. The number of carboxylic acid groups (broad SMARTS) is 1. The van der Waals surface area contributed by atoms with Crippen LogP contribution in [0, 0.1) is 12.7 Å². The minimum atomic E-state index is -4.63. The number of rotatable bonds is 7. The molecule has 0 spiro atoms. The summed E-state index contributed by atoms with van der Waals surface area (Å²) in [5.41, 5.74) is 0.0878. The lowest BCUT2D eigenvalue weighted by molar-refractivity contribution is -0.167. The number of benzene rings is 2. The molecule has 2 aromatic carbocycles. The number of anilines is 1. The number of nitrogens with zero attached hydrogens (tertiary/aromatic N) is 3. The number of ether oxygens (including phenoxy) is 2. The zero-order chi connectivity index (χ0) is 32.6. The van der Waals surface area contributed by atoms with Crippen molar-refractivity contribution in [1.29, 1.82) is 0 Å². The van der Waals surface area contributed by atoms with Gasteiger partial charge in [0.1, 0.15) is 17.9 Å². The van der Waals surface area contributed by atoms with Crippen molar-refractivity contribution in [3.8, 4) is 5.69 Å². The number of aromatic nitrogens is 2. The molecule has 15 heteroatoms. The fourth-order valence-electron chi connectivity index (χ4n) is 5.63. The summed E-state index contributed by atoms with van der Waals surface area (Å²) in [6.45, 7) is 1.09. The first-order valence-electron chi connectivity index (χ1n) is 14.0. The fraction of sp³-hybridized carbons (Fsp3) is 0.400. The summed E-state index contributed by atoms with van der Waals surface area (Å²) in [6, 6.07) is 4.54. The van der Waals surface area contributed by atoms with Gasteiger partial charge in [0.25, 0.3) is 11.5 Å². The van der Waals surface area contributed by atoms with E-state index in [4.69, 9.17) is 9.47 Å². The molecule has 0 saturated carbocycles. The molecular formula is C30H30F4N4O7. The lowest BCUT2D eigenvalue weighted by Crippen LogP contribution is -2.53. The molecule has 11 nitrogen and oxygen atoms in total. The third-order valence-electron chi connectivity index (χ3n) is 8.00. The topological polar surface area (TPSA) is 132 Å². The molecule has 1 fully saturated rings. The van der Waals surface area contributed by atoms with Crippen molar-refractivity contribution >= 4 is 17.6 Å². The van der Waals surface area contributed by atoms with Crippen LogP contribution in [-0.2, 0) is 40.8 Å². The molecule has 1 aromatic heterocycles. The zero-order valence-electron chi connectivity index (χ0n) is 24.3. The second kappa shape index (κ2) is 12.5. The van der Waals surface area contributed by atoms with E-state index in [-0.39, 0.29) is 43.1 Å². The molecule has 2 aliphatic heterocycles. The number of hydrogen-bond acceptors (Lipinski definition) is 7. The van der Waals surface area contributed by atoms with E-state index in [2.05, 4.69) is 5.32 Å². The van der Waals surface area contributed by atoms with E-state index in [1.54, 1.807) is 7.05 Å². The van der Waals surface area contributed by atoms with Gasteiger partial charge in [-0.15, -0.1) is 0 Å². The maximum atomic E-state index is 15.2. The predicted octanol–water partition coefficient (Wildman–Crippen LogP) is 2.25. The van der Waals surface area contributed by atoms with E-state index < -0.39 is 59.4 Å². The van der Waals surface area contributed by atoms with Gasteiger partial charge in [0, 0.05) is 37.7 Å². The number of halogens is 4. The molecule has 0 bridgehead atoms. The minimum absolute atomic E-state index is 0.00684. The molecule has 45 heavy (non-hydrogen) atoms. The van der Waals surface area contributed by atoms with Crippen molar-refractivity contribution in [2.45, 2.75) is 44.6 Å². The molecule has 2 atom stereocenters. The third-order valence-corrected chi connectivity index (χ3v) is 8.00. The van der Waals surface area contributed by atoms with Gasteiger partial charge < -0.3 is 24.8 Å². The Labute approximate surface area is 253 Å². The molecule has 0 aliphatic carbocycles. The van der Waals surface area contributed by atoms with Crippen LogP contribution in [0.4, 0.5) is 23.2 Å². The molecule has 0 radical (unpaired) electrons. The van der Waals surface area contributed by atoms with Gasteiger partial charge in [0.2, 0.25) is 0 Å². The monoisotopic (exact) mass is 634 g/mol. The van der Waals surface area contributed by atoms with Gasteiger partial charge in [-0.1, -0.05) is 12.1 Å². The molecule has 3 heterocycles. The van der Waals surface area contributed by atoms with E-state index in [1.165, 1.54) is 41.8 Å². The summed E-state index contributed by atoms with van der Waals surface area (Å²) in [7, 11) is 1.54. The quantitative estimate of drug-likeness (QED) is 0.379. The number of carboxylic acids is 1. The first-order chi connectivity index (χ1) is 21.3. The van der Waals surface area contributed by atoms with Crippen LogP contribution in [0.15, 0.2) is 46.0 Å². The van der Waals surface area contributed by atoms with Crippen molar-refractivity contribution in [2.24, 2.45) is 7.05 Å². The second-order valence-corrected chi connectivity index (χ2v) is 10.9. The highest BCUT2D eigenvalue weighted by atomic mass is 19.4. The number of morpholine rings is 1. The first kappa shape index (κ1) is 31.9. The van der Waals surface area contributed by atoms with Crippen molar-refractivity contribution in [3.63, 3.8) is 0 Å². The molecular weight excluding hydrogens is 604 g/mol. The summed E-state index contributed by atoms with van der Waals surface area (Å²) in [5.74, 6) is -3.57. The summed E-state index contributed by atoms with van der Waals surface area (Å²) < 4.78 is 68.5. The molecule has 1 amide bonds. The number of carbonyl (C=O) groups is 2. The van der Waals surface area contributed by atoms with Crippen molar-refractivity contribution in [2.75, 3.05) is 31.3 Å². The lowest BCUT2D eigenvalue weighted by atomic mass is 10.0. The Morgan fingerprint density at radius 1 is 1.09 bits per heavy atom. The van der Waals surface area contributed by atoms with Gasteiger partial charge in [-0.25, -0.2) is 18.5 Å². The highest BCUT2D eigenvalue weighted by Gasteiger charge is 2.45. The SMILES string of the molecule is Cc1cc(N2CCOCC2C(F)(F)F)cc(F)c1C(=O)NC(Cc1ccc(-n2c(=O)c3c(n(C)c2=O)COCC3)cc1)C(=O)O. The number of aliphatic carboxylic acids is 1. The summed E-state index contributed by atoms with van der Waals surface area (Å²) >= 11 is 0. The number of alkyl halides is 3. The highest BCUT2D eigenvalue weighted by Crippen LogP contribution is 2.33. The number of carbonyl (C=O) groups excluding carboxylic acids is 1. The van der Waals surface area contributed by atoms with Gasteiger partial charge in [-0.05, 0) is 42.3 Å². The Kier molecular flexibility index (Phi) is 8.85. The molecule has 5 rings (SSSR count). The highest BCUT2D eigenvalue weighted by molar-refractivity contribution is 5.98. The van der Waals surface area contributed by atoms with Gasteiger partial charge in [-0.3, -0.25) is 14.2 Å². The van der Waals surface area contributed by atoms with Crippen molar-refractivity contribution < 1.29 is 41.7 Å². The van der Waals surface area contributed by atoms with E-state index in [0.29, 0.717) is 29.8 Å². The maximum Gasteiger partial charge on any atom is 0.411 e. The molecule has 1 saturated heterocycles. The van der Waals surface area contributed by atoms with Crippen molar-refractivity contribution in [3.05, 3.63) is 91.0 Å². The molecule has 2 aliphatic rings. The predicted molar refractivity (Wildman–Crippen MR) is 152 cm³/mol.